The minimum Gasteiger partial charge on any atom is -0.318 e. The zero-order chi connectivity index (χ0) is 10.8. The summed E-state index contributed by atoms with van der Waals surface area (Å²) in [5.74, 6) is 0. The van der Waals surface area contributed by atoms with Crippen LogP contribution in [0.2, 0.25) is 0 Å². The molecule has 0 N–H and O–H groups in total. The Hall–Kier alpha value is -1.90. The first-order valence-corrected chi connectivity index (χ1v) is 4.76. The number of rotatable bonds is 2. The third kappa shape index (κ3) is 1.81. The number of carbonyl (C=O) groups is 1. The van der Waals surface area contributed by atoms with Crippen LogP contribution in [-0.2, 0) is 4.79 Å². The van der Waals surface area contributed by atoms with E-state index in [1.165, 1.54) is 0 Å². The van der Waals surface area contributed by atoms with Gasteiger partial charge in [0, 0.05) is 23.8 Å². The van der Waals surface area contributed by atoms with E-state index in [9.17, 15) is 4.79 Å². The third-order valence-corrected chi connectivity index (χ3v) is 2.38. The first-order valence-electron chi connectivity index (χ1n) is 4.76. The maximum Gasteiger partial charge on any atom is 0.213 e. The van der Waals surface area contributed by atoms with Gasteiger partial charge in [-0.15, -0.1) is 0 Å². The minimum atomic E-state index is 0.794. The number of fused-ring (bicyclic) bond motifs is 1. The average molecular weight is 200 g/mol. The van der Waals surface area contributed by atoms with Crippen LogP contribution in [0.25, 0.3) is 10.9 Å². The highest BCUT2D eigenvalue weighted by Crippen LogP contribution is 2.19. The molecule has 0 radical (unpaired) electrons. The molecule has 2 rings (SSSR count). The Bertz CT molecular complexity index is 508. The van der Waals surface area contributed by atoms with Gasteiger partial charge in [0.15, 0.2) is 0 Å². The van der Waals surface area contributed by atoms with E-state index in [1.807, 2.05) is 37.3 Å². The summed E-state index contributed by atoms with van der Waals surface area (Å²) >= 11 is 0. The van der Waals surface area contributed by atoms with Gasteiger partial charge in [0.05, 0.1) is 5.52 Å². The van der Waals surface area contributed by atoms with Crippen molar-refractivity contribution in [1.82, 2.24) is 4.98 Å². The Morgan fingerprint density at radius 3 is 2.80 bits per heavy atom. The van der Waals surface area contributed by atoms with Gasteiger partial charge in [0.25, 0.3) is 0 Å². The van der Waals surface area contributed by atoms with Crippen LogP contribution in [-0.4, -0.2) is 18.4 Å². The number of carbonyl (C=O) groups excluding carboxylic acids is 1. The van der Waals surface area contributed by atoms with Crippen LogP contribution in [0.4, 0.5) is 5.69 Å². The summed E-state index contributed by atoms with van der Waals surface area (Å²) in [7, 11) is 1.73. The molecule has 3 heteroatoms. The molecule has 2 aromatic rings. The van der Waals surface area contributed by atoms with E-state index in [-0.39, 0.29) is 0 Å². The highest BCUT2D eigenvalue weighted by atomic mass is 16.1. The summed E-state index contributed by atoms with van der Waals surface area (Å²) < 4.78 is 0. The molecule has 1 aromatic carbocycles. The molecule has 0 aliphatic rings. The van der Waals surface area contributed by atoms with Crippen molar-refractivity contribution in [2.45, 2.75) is 6.92 Å². The summed E-state index contributed by atoms with van der Waals surface area (Å²) in [6, 6.07) is 9.75. The first kappa shape index (κ1) is 9.65. The predicted molar refractivity (Wildman–Crippen MR) is 60.9 cm³/mol. The van der Waals surface area contributed by atoms with E-state index in [0.29, 0.717) is 0 Å². The van der Waals surface area contributed by atoms with E-state index in [1.54, 1.807) is 11.9 Å². The van der Waals surface area contributed by atoms with Crippen LogP contribution in [0.3, 0.4) is 0 Å². The molecule has 76 valence electrons. The maximum atomic E-state index is 10.6. The number of hydrogen-bond acceptors (Lipinski definition) is 2. The van der Waals surface area contributed by atoms with Gasteiger partial charge in [-0.2, -0.15) is 0 Å². The second-order valence-electron chi connectivity index (χ2n) is 3.55. The molecule has 0 aliphatic heterocycles. The standard InChI is InChI=1S/C12H12N2O/c1-9-3-4-10-7-11(14(2)8-15)5-6-12(10)13-9/h3-8H,1-2H3. The zero-order valence-corrected chi connectivity index (χ0v) is 8.77. The van der Waals surface area contributed by atoms with Crippen LogP contribution < -0.4 is 4.90 Å². The van der Waals surface area contributed by atoms with E-state index in [0.717, 1.165) is 28.7 Å². The monoisotopic (exact) mass is 200 g/mol. The Kier molecular flexibility index (Phi) is 2.37. The molecule has 1 aromatic heterocycles. The van der Waals surface area contributed by atoms with Crippen molar-refractivity contribution in [2.24, 2.45) is 0 Å². The Morgan fingerprint density at radius 2 is 2.07 bits per heavy atom. The molecule has 0 atom stereocenters. The molecule has 0 saturated carbocycles. The largest absolute Gasteiger partial charge is 0.318 e. The minimum absolute atomic E-state index is 0.794. The van der Waals surface area contributed by atoms with Crippen molar-refractivity contribution in [2.75, 3.05) is 11.9 Å². The highest BCUT2D eigenvalue weighted by Gasteiger charge is 2.01. The number of amides is 1. The van der Waals surface area contributed by atoms with Crippen LogP contribution in [0.15, 0.2) is 30.3 Å². The summed E-state index contributed by atoms with van der Waals surface area (Å²) in [6.45, 7) is 1.96. The van der Waals surface area contributed by atoms with Crippen molar-refractivity contribution in [3.8, 4) is 0 Å². The fourth-order valence-electron chi connectivity index (χ4n) is 1.50. The quantitative estimate of drug-likeness (QED) is 0.696. The Balaban J connectivity index is 2.56. The number of nitrogens with zero attached hydrogens (tertiary/aromatic N) is 2. The molecule has 1 heterocycles. The maximum absolute atomic E-state index is 10.6. The fourth-order valence-corrected chi connectivity index (χ4v) is 1.50. The fraction of sp³-hybridized carbons (Fsp3) is 0.167. The van der Waals surface area contributed by atoms with Gasteiger partial charge < -0.3 is 4.90 Å². The highest BCUT2D eigenvalue weighted by molar-refractivity contribution is 5.86. The molecule has 0 saturated heterocycles. The molecule has 0 aliphatic carbocycles. The number of benzene rings is 1. The topological polar surface area (TPSA) is 33.2 Å². The van der Waals surface area contributed by atoms with E-state index in [2.05, 4.69) is 4.98 Å². The second kappa shape index (κ2) is 3.69. The predicted octanol–water partition coefficient (Wildman–Crippen LogP) is 2.14. The first-order chi connectivity index (χ1) is 7.20. The van der Waals surface area contributed by atoms with Gasteiger partial charge in [-0.3, -0.25) is 9.78 Å². The van der Waals surface area contributed by atoms with Gasteiger partial charge in [-0.25, -0.2) is 0 Å². The molecule has 0 spiro atoms. The number of hydrogen-bond donors (Lipinski definition) is 0. The van der Waals surface area contributed by atoms with Crippen molar-refractivity contribution in [3.63, 3.8) is 0 Å². The Labute approximate surface area is 88.3 Å². The molecule has 0 fully saturated rings. The lowest BCUT2D eigenvalue weighted by molar-refractivity contribution is -0.107. The van der Waals surface area contributed by atoms with Crippen molar-refractivity contribution in [3.05, 3.63) is 36.0 Å². The van der Waals surface area contributed by atoms with Crippen LogP contribution in [0.5, 0.6) is 0 Å². The molecule has 0 bridgehead atoms. The van der Waals surface area contributed by atoms with Gasteiger partial charge >= 0.3 is 0 Å². The molecule has 0 unspecified atom stereocenters. The van der Waals surface area contributed by atoms with E-state index in [4.69, 9.17) is 0 Å². The van der Waals surface area contributed by atoms with Crippen LogP contribution >= 0.6 is 0 Å². The molecular weight excluding hydrogens is 188 g/mol. The zero-order valence-electron chi connectivity index (χ0n) is 8.77. The average Bonchev–Trinajstić information content (AvgIpc) is 2.27. The summed E-state index contributed by atoms with van der Waals surface area (Å²) in [6.07, 6.45) is 0.794. The number of pyridine rings is 1. The summed E-state index contributed by atoms with van der Waals surface area (Å²) in [5.41, 5.74) is 2.83. The molecule has 15 heavy (non-hydrogen) atoms. The van der Waals surface area contributed by atoms with Gasteiger partial charge in [-0.05, 0) is 31.2 Å². The Morgan fingerprint density at radius 1 is 1.27 bits per heavy atom. The summed E-state index contributed by atoms with van der Waals surface area (Å²) in [4.78, 5) is 16.5. The van der Waals surface area contributed by atoms with E-state index < -0.39 is 0 Å². The van der Waals surface area contributed by atoms with Gasteiger partial charge in [-0.1, -0.05) is 6.07 Å². The number of aromatic nitrogens is 1. The lowest BCUT2D eigenvalue weighted by Crippen LogP contribution is -2.13. The normalized spacial score (nSPS) is 10.3. The van der Waals surface area contributed by atoms with Gasteiger partial charge in [0.2, 0.25) is 6.41 Å². The smallest absolute Gasteiger partial charge is 0.213 e. The van der Waals surface area contributed by atoms with Crippen molar-refractivity contribution >= 4 is 23.0 Å². The molecule has 1 amide bonds. The van der Waals surface area contributed by atoms with E-state index >= 15 is 0 Å². The number of aryl methyl sites for hydroxylation is 1. The molecule has 3 nitrogen and oxygen atoms in total. The van der Waals surface area contributed by atoms with Crippen molar-refractivity contribution < 1.29 is 4.79 Å². The second-order valence-corrected chi connectivity index (χ2v) is 3.55. The third-order valence-electron chi connectivity index (χ3n) is 2.38. The SMILES string of the molecule is Cc1ccc2cc(N(C)C=O)ccc2n1. The lowest BCUT2D eigenvalue weighted by Gasteiger charge is -2.11. The lowest BCUT2D eigenvalue weighted by atomic mass is 10.2. The van der Waals surface area contributed by atoms with Crippen LogP contribution in [0, 0.1) is 6.92 Å². The van der Waals surface area contributed by atoms with Crippen molar-refractivity contribution in [1.29, 1.82) is 0 Å². The number of anilines is 1. The molecular formula is C12H12N2O. The summed E-state index contributed by atoms with van der Waals surface area (Å²) in [5, 5.41) is 1.05. The van der Waals surface area contributed by atoms with Crippen LogP contribution in [0.1, 0.15) is 5.69 Å². The van der Waals surface area contributed by atoms with Gasteiger partial charge in [0.1, 0.15) is 0 Å².